The average molecular weight is 308 g/mol. The Bertz CT molecular complexity index is 478. The molecule has 1 amide bonds. The molecule has 0 aliphatic carbocycles. The SMILES string of the molecule is CCOC(C)CN1C(=O)C(C)NC1c1ccc(SC)cc1. The van der Waals surface area contributed by atoms with Gasteiger partial charge in [-0.1, -0.05) is 12.1 Å². The van der Waals surface area contributed by atoms with Crippen molar-refractivity contribution in [1.29, 1.82) is 0 Å². The summed E-state index contributed by atoms with van der Waals surface area (Å²) in [4.78, 5) is 15.5. The third kappa shape index (κ3) is 3.78. The summed E-state index contributed by atoms with van der Waals surface area (Å²) in [6.07, 6.45) is 2.04. The topological polar surface area (TPSA) is 41.6 Å². The Morgan fingerprint density at radius 1 is 1.38 bits per heavy atom. The lowest BCUT2D eigenvalue weighted by Crippen LogP contribution is -2.37. The molecule has 0 radical (unpaired) electrons. The van der Waals surface area contributed by atoms with Crippen molar-refractivity contribution in [1.82, 2.24) is 10.2 Å². The van der Waals surface area contributed by atoms with E-state index >= 15 is 0 Å². The number of thioether (sulfide) groups is 1. The zero-order chi connectivity index (χ0) is 15.4. The highest BCUT2D eigenvalue weighted by atomic mass is 32.2. The average Bonchev–Trinajstić information content (AvgIpc) is 2.76. The fourth-order valence-electron chi connectivity index (χ4n) is 2.65. The monoisotopic (exact) mass is 308 g/mol. The Kier molecular flexibility index (Phi) is 5.67. The van der Waals surface area contributed by atoms with Crippen LogP contribution in [0.25, 0.3) is 0 Å². The highest BCUT2D eigenvalue weighted by Crippen LogP contribution is 2.27. The van der Waals surface area contributed by atoms with Crippen molar-refractivity contribution in [2.75, 3.05) is 19.4 Å². The molecule has 1 aromatic rings. The van der Waals surface area contributed by atoms with Gasteiger partial charge < -0.3 is 9.64 Å². The second kappa shape index (κ2) is 7.29. The molecule has 3 unspecified atom stereocenters. The number of nitrogens with one attached hydrogen (secondary N) is 1. The third-order valence-corrected chi connectivity index (χ3v) is 4.45. The molecule has 1 N–H and O–H groups in total. The van der Waals surface area contributed by atoms with Gasteiger partial charge in [-0.25, -0.2) is 0 Å². The largest absolute Gasteiger partial charge is 0.377 e. The second-order valence-corrected chi connectivity index (χ2v) is 6.20. The summed E-state index contributed by atoms with van der Waals surface area (Å²) in [6, 6.07) is 8.22. The highest BCUT2D eigenvalue weighted by molar-refractivity contribution is 7.98. The Balaban J connectivity index is 2.16. The van der Waals surface area contributed by atoms with Crippen LogP contribution in [0.3, 0.4) is 0 Å². The number of carbonyl (C=O) groups excluding carboxylic acids is 1. The van der Waals surface area contributed by atoms with Crippen LogP contribution in [0.4, 0.5) is 0 Å². The van der Waals surface area contributed by atoms with Crippen LogP contribution in [-0.2, 0) is 9.53 Å². The van der Waals surface area contributed by atoms with E-state index in [-0.39, 0.29) is 24.2 Å². The number of carbonyl (C=O) groups is 1. The number of rotatable bonds is 6. The van der Waals surface area contributed by atoms with Crippen LogP contribution < -0.4 is 5.32 Å². The predicted octanol–water partition coefficient (Wildman–Crippen LogP) is 2.65. The maximum atomic E-state index is 12.4. The van der Waals surface area contributed by atoms with E-state index in [4.69, 9.17) is 4.74 Å². The molecule has 116 valence electrons. The van der Waals surface area contributed by atoms with Gasteiger partial charge in [0.1, 0.15) is 6.17 Å². The first-order chi connectivity index (χ1) is 10.1. The lowest BCUT2D eigenvalue weighted by molar-refractivity contribution is -0.131. The maximum Gasteiger partial charge on any atom is 0.241 e. The number of amides is 1. The molecule has 1 aromatic carbocycles. The Hall–Kier alpha value is -1.04. The van der Waals surface area contributed by atoms with Crippen LogP contribution in [0.1, 0.15) is 32.5 Å². The quantitative estimate of drug-likeness (QED) is 0.820. The molecule has 0 saturated carbocycles. The van der Waals surface area contributed by atoms with E-state index in [0.717, 1.165) is 5.56 Å². The van der Waals surface area contributed by atoms with Crippen LogP contribution in [0.15, 0.2) is 29.2 Å². The number of nitrogens with zero attached hydrogens (tertiary/aromatic N) is 1. The molecular formula is C16H24N2O2S. The van der Waals surface area contributed by atoms with Gasteiger partial charge in [-0.05, 0) is 44.7 Å². The Labute approximate surface area is 131 Å². The van der Waals surface area contributed by atoms with E-state index in [1.54, 1.807) is 11.8 Å². The molecule has 0 spiro atoms. The minimum Gasteiger partial charge on any atom is -0.377 e. The smallest absolute Gasteiger partial charge is 0.241 e. The third-order valence-electron chi connectivity index (χ3n) is 3.71. The van der Waals surface area contributed by atoms with Gasteiger partial charge in [-0.15, -0.1) is 11.8 Å². The number of hydrogen-bond acceptors (Lipinski definition) is 4. The van der Waals surface area contributed by atoms with Crippen molar-refractivity contribution in [3.8, 4) is 0 Å². The van der Waals surface area contributed by atoms with Gasteiger partial charge in [0.25, 0.3) is 0 Å². The fourth-order valence-corrected chi connectivity index (χ4v) is 3.05. The molecule has 2 rings (SSSR count). The van der Waals surface area contributed by atoms with Crippen molar-refractivity contribution < 1.29 is 9.53 Å². The molecule has 21 heavy (non-hydrogen) atoms. The molecular weight excluding hydrogens is 284 g/mol. The van der Waals surface area contributed by atoms with E-state index in [1.807, 2.05) is 25.7 Å². The van der Waals surface area contributed by atoms with Gasteiger partial charge in [0.15, 0.2) is 0 Å². The van der Waals surface area contributed by atoms with E-state index in [0.29, 0.717) is 13.2 Å². The first-order valence-electron chi connectivity index (χ1n) is 7.39. The lowest BCUT2D eigenvalue weighted by Gasteiger charge is -2.27. The van der Waals surface area contributed by atoms with E-state index in [9.17, 15) is 4.79 Å². The summed E-state index contributed by atoms with van der Waals surface area (Å²) >= 11 is 1.72. The molecule has 4 nitrogen and oxygen atoms in total. The summed E-state index contributed by atoms with van der Waals surface area (Å²) in [5, 5.41) is 3.37. The number of ether oxygens (including phenoxy) is 1. The lowest BCUT2D eigenvalue weighted by atomic mass is 10.1. The molecule has 1 heterocycles. The molecule has 0 aromatic heterocycles. The molecule has 1 aliphatic rings. The van der Waals surface area contributed by atoms with E-state index in [2.05, 4.69) is 35.8 Å². The molecule has 0 bridgehead atoms. The van der Waals surface area contributed by atoms with Crippen LogP contribution in [0.2, 0.25) is 0 Å². The molecule has 1 fully saturated rings. The van der Waals surface area contributed by atoms with Crippen LogP contribution >= 0.6 is 11.8 Å². The molecule has 1 saturated heterocycles. The Morgan fingerprint density at radius 3 is 2.62 bits per heavy atom. The standard InChI is InChI=1S/C16H24N2O2S/c1-5-20-11(2)10-18-15(17-12(3)16(18)19)13-6-8-14(21-4)9-7-13/h6-9,11-12,15,17H,5,10H2,1-4H3. The number of hydrogen-bond donors (Lipinski definition) is 1. The van der Waals surface area contributed by atoms with E-state index < -0.39 is 0 Å². The highest BCUT2D eigenvalue weighted by Gasteiger charge is 2.37. The van der Waals surface area contributed by atoms with Crippen molar-refractivity contribution in [3.63, 3.8) is 0 Å². The Morgan fingerprint density at radius 2 is 2.05 bits per heavy atom. The van der Waals surface area contributed by atoms with Gasteiger partial charge >= 0.3 is 0 Å². The van der Waals surface area contributed by atoms with Gasteiger partial charge in [0.05, 0.1) is 12.1 Å². The predicted molar refractivity (Wildman–Crippen MR) is 86.4 cm³/mol. The second-order valence-electron chi connectivity index (χ2n) is 5.32. The summed E-state index contributed by atoms with van der Waals surface area (Å²) in [7, 11) is 0. The first-order valence-corrected chi connectivity index (χ1v) is 8.61. The maximum absolute atomic E-state index is 12.4. The van der Waals surface area contributed by atoms with Crippen molar-refractivity contribution in [2.45, 2.75) is 44.0 Å². The molecule has 1 aliphatic heterocycles. The summed E-state index contributed by atoms with van der Waals surface area (Å²) in [6.45, 7) is 7.17. The van der Waals surface area contributed by atoms with E-state index in [1.165, 1.54) is 4.90 Å². The normalized spacial score (nSPS) is 23.6. The van der Waals surface area contributed by atoms with Gasteiger partial charge in [0, 0.05) is 18.0 Å². The number of benzene rings is 1. The van der Waals surface area contributed by atoms with Crippen LogP contribution in [-0.4, -0.2) is 42.4 Å². The van der Waals surface area contributed by atoms with Crippen molar-refractivity contribution in [2.24, 2.45) is 0 Å². The van der Waals surface area contributed by atoms with Gasteiger partial charge in [-0.2, -0.15) is 0 Å². The minimum absolute atomic E-state index is 0.0408. The zero-order valence-corrected chi connectivity index (χ0v) is 13.9. The van der Waals surface area contributed by atoms with Crippen molar-refractivity contribution in [3.05, 3.63) is 29.8 Å². The fraction of sp³-hybridized carbons (Fsp3) is 0.562. The molecule has 3 atom stereocenters. The first kappa shape index (κ1) is 16.3. The summed E-state index contributed by atoms with van der Waals surface area (Å²) in [5.74, 6) is 0.139. The summed E-state index contributed by atoms with van der Waals surface area (Å²) < 4.78 is 5.58. The molecule has 5 heteroatoms. The van der Waals surface area contributed by atoms with Gasteiger partial charge in [-0.3, -0.25) is 10.1 Å². The summed E-state index contributed by atoms with van der Waals surface area (Å²) in [5.41, 5.74) is 1.12. The zero-order valence-electron chi connectivity index (χ0n) is 13.1. The van der Waals surface area contributed by atoms with Gasteiger partial charge in [0.2, 0.25) is 5.91 Å². The van der Waals surface area contributed by atoms with Crippen molar-refractivity contribution >= 4 is 17.7 Å². The minimum atomic E-state index is -0.149. The van der Waals surface area contributed by atoms with Crippen LogP contribution in [0.5, 0.6) is 0 Å². The van der Waals surface area contributed by atoms with Crippen LogP contribution in [0, 0.1) is 0 Å².